The van der Waals surface area contributed by atoms with E-state index in [0.29, 0.717) is 16.6 Å². The lowest BCUT2D eigenvalue weighted by atomic mass is 10.1. The molecule has 0 saturated carbocycles. The zero-order chi connectivity index (χ0) is 14.8. The number of aromatic nitrogens is 1. The van der Waals surface area contributed by atoms with Gasteiger partial charge in [-0.15, -0.1) is 11.6 Å². The first-order valence-electron chi connectivity index (χ1n) is 6.24. The minimum absolute atomic E-state index is 0.252. The predicted molar refractivity (Wildman–Crippen MR) is 90.5 cm³/mol. The average molecular weight is 383 g/mol. The van der Waals surface area contributed by atoms with E-state index in [1.807, 2.05) is 30.3 Å². The van der Waals surface area contributed by atoms with Crippen LogP contribution in [0.5, 0.6) is 11.6 Å². The Kier molecular flexibility index (Phi) is 4.34. The Bertz CT molecular complexity index is 807. The molecule has 0 saturated heterocycles. The Labute approximate surface area is 140 Å². The quantitative estimate of drug-likeness (QED) is 0.504. The average Bonchev–Trinajstić information content (AvgIpc) is 2.49. The predicted octanol–water partition coefficient (Wildman–Crippen LogP) is 6.18. The topological polar surface area (TPSA) is 22.1 Å². The Morgan fingerprint density at radius 1 is 1.00 bits per heavy atom. The van der Waals surface area contributed by atoms with Crippen molar-refractivity contribution in [2.24, 2.45) is 0 Å². The van der Waals surface area contributed by atoms with E-state index in [2.05, 4.69) is 27.0 Å². The van der Waals surface area contributed by atoms with Gasteiger partial charge in [-0.05, 0) is 41.1 Å². The van der Waals surface area contributed by atoms with Crippen molar-refractivity contribution in [1.29, 1.82) is 0 Å². The van der Waals surface area contributed by atoms with Gasteiger partial charge in [0.25, 0.3) is 0 Å². The molecular formula is C16H10BrCl2NO. The van der Waals surface area contributed by atoms with Gasteiger partial charge in [0.15, 0.2) is 0 Å². The highest BCUT2D eigenvalue weighted by atomic mass is 79.9. The van der Waals surface area contributed by atoms with Crippen molar-refractivity contribution >= 4 is 49.9 Å². The Balaban J connectivity index is 1.92. The Morgan fingerprint density at radius 2 is 1.76 bits per heavy atom. The molecule has 0 aliphatic rings. The van der Waals surface area contributed by atoms with Crippen molar-refractivity contribution in [1.82, 2.24) is 4.98 Å². The van der Waals surface area contributed by atoms with Gasteiger partial charge in [-0.1, -0.05) is 39.7 Å². The summed E-state index contributed by atoms with van der Waals surface area (Å²) in [5.74, 6) is 1.45. The van der Waals surface area contributed by atoms with Crippen LogP contribution in [0.25, 0.3) is 10.8 Å². The third-order valence-corrected chi connectivity index (χ3v) is 4.11. The molecule has 21 heavy (non-hydrogen) atoms. The van der Waals surface area contributed by atoms with E-state index in [-0.39, 0.29) is 5.88 Å². The normalized spacial score (nSPS) is 10.8. The van der Waals surface area contributed by atoms with Crippen LogP contribution in [0.1, 0.15) is 5.69 Å². The van der Waals surface area contributed by atoms with E-state index in [0.717, 1.165) is 21.0 Å². The maximum absolute atomic E-state index is 5.99. The van der Waals surface area contributed by atoms with Gasteiger partial charge in [-0.25, -0.2) is 4.98 Å². The number of alkyl halides is 1. The minimum atomic E-state index is 0.252. The van der Waals surface area contributed by atoms with Crippen molar-refractivity contribution in [2.45, 2.75) is 5.88 Å². The number of fused-ring (bicyclic) bond motifs is 1. The molecule has 2 nitrogen and oxygen atoms in total. The summed E-state index contributed by atoms with van der Waals surface area (Å²) < 4.78 is 6.82. The maximum Gasteiger partial charge on any atom is 0.219 e. The van der Waals surface area contributed by atoms with Gasteiger partial charge in [0.1, 0.15) is 5.75 Å². The van der Waals surface area contributed by atoms with Gasteiger partial charge in [0, 0.05) is 10.5 Å². The molecule has 0 spiro atoms. The lowest BCUT2D eigenvalue weighted by molar-refractivity contribution is 0.462. The van der Waals surface area contributed by atoms with E-state index in [1.165, 1.54) is 0 Å². The van der Waals surface area contributed by atoms with Crippen LogP contribution in [0.2, 0.25) is 5.02 Å². The van der Waals surface area contributed by atoms with Crippen molar-refractivity contribution in [3.05, 3.63) is 63.7 Å². The van der Waals surface area contributed by atoms with Crippen LogP contribution in [-0.2, 0) is 5.88 Å². The number of nitrogens with zero attached hydrogens (tertiary/aromatic N) is 1. The first-order valence-corrected chi connectivity index (χ1v) is 7.95. The zero-order valence-corrected chi connectivity index (χ0v) is 13.9. The summed E-state index contributed by atoms with van der Waals surface area (Å²) >= 11 is 15.2. The summed E-state index contributed by atoms with van der Waals surface area (Å²) in [6, 6.07) is 15.4. The van der Waals surface area contributed by atoms with Crippen LogP contribution in [0.4, 0.5) is 0 Å². The largest absolute Gasteiger partial charge is 0.439 e. The molecule has 3 rings (SSSR count). The molecule has 0 bridgehead atoms. The summed E-state index contributed by atoms with van der Waals surface area (Å²) in [6.07, 6.45) is 0. The molecular weight excluding hydrogens is 373 g/mol. The maximum atomic E-state index is 5.99. The molecule has 0 N–H and O–H groups in total. The number of rotatable bonds is 3. The Hall–Kier alpha value is -1.29. The summed E-state index contributed by atoms with van der Waals surface area (Å²) in [4.78, 5) is 4.29. The lowest BCUT2D eigenvalue weighted by Gasteiger charge is -2.08. The molecule has 2 aromatic carbocycles. The summed E-state index contributed by atoms with van der Waals surface area (Å²) in [6.45, 7) is 0. The number of benzene rings is 2. The van der Waals surface area contributed by atoms with Crippen LogP contribution in [0.15, 0.2) is 53.0 Å². The molecule has 0 radical (unpaired) electrons. The molecule has 0 aliphatic heterocycles. The lowest BCUT2D eigenvalue weighted by Crippen LogP contribution is -1.92. The molecule has 1 aromatic heterocycles. The molecule has 0 amide bonds. The fourth-order valence-corrected chi connectivity index (χ4v) is 2.82. The van der Waals surface area contributed by atoms with Crippen molar-refractivity contribution in [3.63, 3.8) is 0 Å². The standard InChI is InChI=1S/C16H10BrCl2NO/c17-12-3-1-11-8-13(4-2-10(11)7-12)21-16-6-5-14(19)15(9-18)20-16/h1-8H,9H2. The highest BCUT2D eigenvalue weighted by Gasteiger charge is 2.05. The number of halogens is 3. The van der Waals surface area contributed by atoms with Gasteiger partial charge in [0.2, 0.25) is 5.88 Å². The minimum Gasteiger partial charge on any atom is -0.439 e. The molecule has 0 atom stereocenters. The summed E-state index contributed by atoms with van der Waals surface area (Å²) in [7, 11) is 0. The number of hydrogen-bond acceptors (Lipinski definition) is 2. The molecule has 106 valence electrons. The molecule has 0 unspecified atom stereocenters. The van der Waals surface area contributed by atoms with Crippen molar-refractivity contribution < 1.29 is 4.74 Å². The number of ether oxygens (including phenoxy) is 1. The van der Waals surface area contributed by atoms with Gasteiger partial charge >= 0.3 is 0 Å². The molecule has 1 heterocycles. The van der Waals surface area contributed by atoms with E-state index in [1.54, 1.807) is 12.1 Å². The fraction of sp³-hybridized carbons (Fsp3) is 0.0625. The first kappa shape index (κ1) is 14.6. The van der Waals surface area contributed by atoms with E-state index >= 15 is 0 Å². The summed E-state index contributed by atoms with van der Waals surface area (Å²) in [5, 5.41) is 2.78. The number of hydrogen-bond donors (Lipinski definition) is 0. The monoisotopic (exact) mass is 381 g/mol. The second-order valence-electron chi connectivity index (χ2n) is 4.47. The molecule has 0 fully saturated rings. The zero-order valence-electron chi connectivity index (χ0n) is 10.8. The summed E-state index contributed by atoms with van der Waals surface area (Å²) in [5.41, 5.74) is 0.612. The second kappa shape index (κ2) is 6.22. The third kappa shape index (κ3) is 3.31. The van der Waals surface area contributed by atoms with Gasteiger partial charge in [0.05, 0.1) is 16.6 Å². The van der Waals surface area contributed by atoms with Crippen LogP contribution >= 0.6 is 39.1 Å². The van der Waals surface area contributed by atoms with E-state index in [9.17, 15) is 0 Å². The van der Waals surface area contributed by atoms with Crippen LogP contribution in [-0.4, -0.2) is 4.98 Å². The fourth-order valence-electron chi connectivity index (χ4n) is 1.99. The van der Waals surface area contributed by atoms with Crippen LogP contribution < -0.4 is 4.74 Å². The number of pyridine rings is 1. The van der Waals surface area contributed by atoms with Gasteiger partial charge < -0.3 is 4.74 Å². The second-order valence-corrected chi connectivity index (χ2v) is 6.06. The Morgan fingerprint density at radius 3 is 2.57 bits per heavy atom. The van der Waals surface area contributed by atoms with Crippen molar-refractivity contribution in [3.8, 4) is 11.6 Å². The van der Waals surface area contributed by atoms with Crippen LogP contribution in [0.3, 0.4) is 0 Å². The highest BCUT2D eigenvalue weighted by Crippen LogP contribution is 2.28. The van der Waals surface area contributed by atoms with Gasteiger partial charge in [-0.2, -0.15) is 0 Å². The molecule has 0 aliphatic carbocycles. The highest BCUT2D eigenvalue weighted by molar-refractivity contribution is 9.10. The molecule has 5 heteroatoms. The van der Waals surface area contributed by atoms with Crippen molar-refractivity contribution in [2.75, 3.05) is 0 Å². The van der Waals surface area contributed by atoms with Crippen LogP contribution in [0, 0.1) is 0 Å². The molecule has 3 aromatic rings. The first-order chi connectivity index (χ1) is 10.2. The van der Waals surface area contributed by atoms with Gasteiger partial charge in [-0.3, -0.25) is 0 Å². The SMILES string of the molecule is ClCc1nc(Oc2ccc3cc(Br)ccc3c2)ccc1Cl. The van der Waals surface area contributed by atoms with E-state index < -0.39 is 0 Å². The third-order valence-electron chi connectivity index (χ3n) is 3.02. The smallest absolute Gasteiger partial charge is 0.219 e. The van der Waals surface area contributed by atoms with E-state index in [4.69, 9.17) is 27.9 Å².